The van der Waals surface area contributed by atoms with Gasteiger partial charge in [-0.3, -0.25) is 4.79 Å². The number of rotatable bonds is 7. The molecular weight excluding hydrogens is 368 g/mol. The number of halogens is 2. The Morgan fingerprint density at radius 3 is 2.71 bits per heavy atom. The maximum atomic E-state index is 12.6. The predicted molar refractivity (Wildman–Crippen MR) is 95.5 cm³/mol. The van der Waals surface area contributed by atoms with Gasteiger partial charge in [-0.2, -0.15) is 8.78 Å². The van der Waals surface area contributed by atoms with Crippen molar-refractivity contribution in [1.82, 2.24) is 15.1 Å². The van der Waals surface area contributed by atoms with Crippen molar-refractivity contribution in [2.75, 3.05) is 13.2 Å². The highest BCUT2D eigenvalue weighted by atomic mass is 19.3. The van der Waals surface area contributed by atoms with Gasteiger partial charge in [-0.1, -0.05) is 36.4 Å². The van der Waals surface area contributed by atoms with E-state index >= 15 is 0 Å². The van der Waals surface area contributed by atoms with E-state index in [1.807, 2.05) is 30.3 Å². The van der Waals surface area contributed by atoms with Crippen LogP contribution in [0.4, 0.5) is 8.78 Å². The number of fused-ring (bicyclic) bond motifs is 1. The zero-order chi connectivity index (χ0) is 19.5. The second kappa shape index (κ2) is 7.85. The molecule has 0 fully saturated rings. The maximum Gasteiger partial charge on any atom is 0.314 e. The van der Waals surface area contributed by atoms with Gasteiger partial charge < -0.3 is 14.1 Å². The first kappa shape index (κ1) is 18.2. The SMILES string of the molecule is O=C1c2cc(-c3nnc(C(F)F)o3)ccc2CN1CCOCc1ccccc1. The van der Waals surface area contributed by atoms with E-state index in [1.54, 1.807) is 23.1 Å². The predicted octanol–water partition coefficient (Wildman–Crippen LogP) is 3.85. The summed E-state index contributed by atoms with van der Waals surface area (Å²) < 4.78 is 35.8. The molecule has 0 saturated heterocycles. The first-order valence-corrected chi connectivity index (χ1v) is 8.77. The van der Waals surface area contributed by atoms with Gasteiger partial charge in [0, 0.05) is 24.2 Å². The van der Waals surface area contributed by atoms with Crippen LogP contribution >= 0.6 is 0 Å². The molecule has 1 aliphatic rings. The molecule has 2 heterocycles. The number of benzene rings is 2. The van der Waals surface area contributed by atoms with E-state index in [4.69, 9.17) is 9.15 Å². The van der Waals surface area contributed by atoms with E-state index in [-0.39, 0.29) is 11.8 Å². The minimum absolute atomic E-state index is 0.0319. The van der Waals surface area contributed by atoms with Crippen LogP contribution in [0.15, 0.2) is 52.9 Å². The molecule has 0 N–H and O–H groups in total. The Balaban J connectivity index is 1.38. The van der Waals surface area contributed by atoms with Crippen molar-refractivity contribution < 1.29 is 22.7 Å². The van der Waals surface area contributed by atoms with Gasteiger partial charge in [0.15, 0.2) is 0 Å². The number of carbonyl (C=O) groups excluding carboxylic acids is 1. The molecule has 2 aromatic carbocycles. The van der Waals surface area contributed by atoms with Crippen LogP contribution in [0.1, 0.15) is 33.8 Å². The number of amides is 1. The number of nitrogens with zero attached hydrogens (tertiary/aromatic N) is 3. The number of ether oxygens (including phenoxy) is 1. The van der Waals surface area contributed by atoms with Crippen LogP contribution in [0, 0.1) is 0 Å². The number of aromatic nitrogens is 2. The molecule has 6 nitrogen and oxygen atoms in total. The lowest BCUT2D eigenvalue weighted by atomic mass is 10.1. The van der Waals surface area contributed by atoms with Crippen LogP contribution in [0.25, 0.3) is 11.5 Å². The van der Waals surface area contributed by atoms with Gasteiger partial charge >= 0.3 is 6.43 Å². The lowest BCUT2D eigenvalue weighted by Gasteiger charge is -2.15. The lowest BCUT2D eigenvalue weighted by Crippen LogP contribution is -2.27. The van der Waals surface area contributed by atoms with Crippen LogP contribution < -0.4 is 0 Å². The van der Waals surface area contributed by atoms with E-state index in [9.17, 15) is 13.6 Å². The summed E-state index contributed by atoms with van der Waals surface area (Å²) in [7, 11) is 0. The third kappa shape index (κ3) is 3.77. The molecule has 0 spiro atoms. The summed E-state index contributed by atoms with van der Waals surface area (Å²) in [5, 5.41) is 6.94. The maximum absolute atomic E-state index is 12.6. The summed E-state index contributed by atoms with van der Waals surface area (Å²) in [5.41, 5.74) is 2.89. The Labute approximate surface area is 159 Å². The quantitative estimate of drug-likeness (QED) is 0.578. The Morgan fingerprint density at radius 1 is 1.14 bits per heavy atom. The minimum atomic E-state index is -2.83. The number of hydrogen-bond donors (Lipinski definition) is 0. The normalized spacial score (nSPS) is 13.4. The summed E-state index contributed by atoms with van der Waals surface area (Å²) in [6.07, 6.45) is -2.83. The highest BCUT2D eigenvalue weighted by Gasteiger charge is 2.28. The molecule has 0 saturated carbocycles. The summed E-state index contributed by atoms with van der Waals surface area (Å²) in [6, 6.07) is 14.9. The van der Waals surface area contributed by atoms with Crippen LogP contribution in [0.2, 0.25) is 0 Å². The molecule has 1 aliphatic heterocycles. The smallest absolute Gasteiger partial charge is 0.314 e. The molecule has 0 atom stereocenters. The molecule has 0 aliphatic carbocycles. The van der Waals surface area contributed by atoms with E-state index in [2.05, 4.69) is 10.2 Å². The van der Waals surface area contributed by atoms with Gasteiger partial charge in [-0.05, 0) is 23.3 Å². The summed E-state index contributed by atoms with van der Waals surface area (Å²) >= 11 is 0. The molecule has 28 heavy (non-hydrogen) atoms. The van der Waals surface area contributed by atoms with Gasteiger partial charge in [0.2, 0.25) is 5.89 Å². The van der Waals surface area contributed by atoms with Crippen molar-refractivity contribution >= 4 is 5.91 Å². The Hall–Kier alpha value is -3.13. The Bertz CT molecular complexity index is 976. The van der Waals surface area contributed by atoms with Gasteiger partial charge in [-0.15, -0.1) is 10.2 Å². The Morgan fingerprint density at radius 2 is 1.96 bits per heavy atom. The monoisotopic (exact) mass is 385 g/mol. The second-order valence-corrected chi connectivity index (χ2v) is 6.38. The first-order chi connectivity index (χ1) is 13.6. The molecule has 0 unspecified atom stereocenters. The molecule has 4 rings (SSSR count). The van der Waals surface area contributed by atoms with Crippen LogP contribution in [-0.2, 0) is 17.9 Å². The van der Waals surface area contributed by atoms with E-state index in [0.29, 0.717) is 37.4 Å². The molecule has 8 heteroatoms. The molecule has 144 valence electrons. The van der Waals surface area contributed by atoms with Gasteiger partial charge in [0.1, 0.15) is 0 Å². The van der Waals surface area contributed by atoms with Crippen LogP contribution in [0.3, 0.4) is 0 Å². The molecule has 0 radical (unpaired) electrons. The minimum Gasteiger partial charge on any atom is -0.415 e. The molecule has 3 aromatic rings. The van der Waals surface area contributed by atoms with Crippen molar-refractivity contribution in [1.29, 1.82) is 0 Å². The van der Waals surface area contributed by atoms with Crippen molar-refractivity contribution in [2.45, 2.75) is 19.6 Å². The highest BCUT2D eigenvalue weighted by molar-refractivity contribution is 5.99. The fraction of sp³-hybridized carbons (Fsp3) is 0.250. The number of carbonyl (C=O) groups is 1. The average molecular weight is 385 g/mol. The van der Waals surface area contributed by atoms with Gasteiger partial charge in [0.25, 0.3) is 11.8 Å². The fourth-order valence-electron chi connectivity index (χ4n) is 3.05. The molecule has 0 bridgehead atoms. The first-order valence-electron chi connectivity index (χ1n) is 8.77. The zero-order valence-corrected chi connectivity index (χ0v) is 14.8. The molecule has 1 amide bonds. The average Bonchev–Trinajstić information content (AvgIpc) is 3.32. The summed E-state index contributed by atoms with van der Waals surface area (Å²) in [6.45, 7) is 1.85. The standard InChI is InChI=1S/C20H17F2N3O3/c21-17(22)19-24-23-18(28-19)14-6-7-15-11-25(20(26)16(15)10-14)8-9-27-12-13-4-2-1-3-5-13/h1-7,10,17H,8-9,11-12H2. The Kier molecular flexibility index (Phi) is 5.12. The van der Waals surface area contributed by atoms with Crippen molar-refractivity contribution in [3.8, 4) is 11.5 Å². The highest BCUT2D eigenvalue weighted by Crippen LogP contribution is 2.29. The fourth-order valence-corrected chi connectivity index (χ4v) is 3.05. The van der Waals surface area contributed by atoms with Gasteiger partial charge in [0.05, 0.1) is 13.2 Å². The van der Waals surface area contributed by atoms with Crippen LogP contribution in [0.5, 0.6) is 0 Å². The third-order valence-corrected chi connectivity index (χ3v) is 4.48. The molecular formula is C20H17F2N3O3. The largest absolute Gasteiger partial charge is 0.415 e. The van der Waals surface area contributed by atoms with E-state index in [1.165, 1.54) is 0 Å². The summed E-state index contributed by atoms with van der Waals surface area (Å²) in [4.78, 5) is 14.3. The van der Waals surface area contributed by atoms with E-state index in [0.717, 1.165) is 11.1 Å². The number of alkyl halides is 2. The van der Waals surface area contributed by atoms with Crippen molar-refractivity contribution in [2.24, 2.45) is 0 Å². The van der Waals surface area contributed by atoms with Crippen LogP contribution in [-0.4, -0.2) is 34.2 Å². The van der Waals surface area contributed by atoms with E-state index < -0.39 is 12.3 Å². The summed E-state index contributed by atoms with van der Waals surface area (Å²) in [5.74, 6) is -0.900. The number of hydrogen-bond acceptors (Lipinski definition) is 5. The van der Waals surface area contributed by atoms with Crippen molar-refractivity contribution in [3.05, 3.63) is 71.1 Å². The zero-order valence-electron chi connectivity index (χ0n) is 14.8. The molecule has 1 aromatic heterocycles. The lowest BCUT2D eigenvalue weighted by molar-refractivity contribution is 0.0637. The van der Waals surface area contributed by atoms with Crippen molar-refractivity contribution in [3.63, 3.8) is 0 Å². The second-order valence-electron chi connectivity index (χ2n) is 6.38. The third-order valence-electron chi connectivity index (χ3n) is 4.48. The topological polar surface area (TPSA) is 68.5 Å². The van der Waals surface area contributed by atoms with Gasteiger partial charge in [-0.25, -0.2) is 0 Å².